The van der Waals surface area contributed by atoms with Gasteiger partial charge in [0.25, 0.3) is 0 Å². The zero-order valence-corrected chi connectivity index (χ0v) is 14.0. The van der Waals surface area contributed by atoms with Crippen LogP contribution in [-0.2, 0) is 0 Å². The number of benzene rings is 2. The van der Waals surface area contributed by atoms with E-state index in [-0.39, 0.29) is 11.9 Å². The number of likely N-dealkylation sites (N-methyl/N-ethyl adjacent to an activating group) is 1. The highest BCUT2D eigenvalue weighted by atomic mass is 79.9. The van der Waals surface area contributed by atoms with Crippen molar-refractivity contribution in [3.05, 3.63) is 63.3 Å². The van der Waals surface area contributed by atoms with Gasteiger partial charge in [-0.25, -0.2) is 4.39 Å². The highest BCUT2D eigenvalue weighted by Crippen LogP contribution is 2.33. The van der Waals surface area contributed by atoms with Gasteiger partial charge in [0.2, 0.25) is 0 Å². The molecule has 2 N–H and O–H groups in total. The summed E-state index contributed by atoms with van der Waals surface area (Å²) in [7, 11) is 0. The summed E-state index contributed by atoms with van der Waals surface area (Å²) in [6.07, 6.45) is 0. The molecule has 5 heteroatoms. The van der Waals surface area contributed by atoms with E-state index >= 15 is 0 Å². The van der Waals surface area contributed by atoms with Crippen LogP contribution in [0.2, 0.25) is 5.02 Å². The van der Waals surface area contributed by atoms with Crippen LogP contribution in [0.15, 0.2) is 46.9 Å². The van der Waals surface area contributed by atoms with Gasteiger partial charge in [0.05, 0.1) is 6.04 Å². The van der Waals surface area contributed by atoms with Crippen molar-refractivity contribution in [2.45, 2.75) is 13.0 Å². The number of hydrogen-bond donors (Lipinski definition) is 1. The Kier molecular flexibility index (Phi) is 5.62. The van der Waals surface area contributed by atoms with Gasteiger partial charge in [-0.05, 0) is 48.9 Å². The minimum atomic E-state index is -0.258. The third-order valence-corrected chi connectivity index (χ3v) is 4.35. The Morgan fingerprint density at radius 3 is 2.67 bits per heavy atom. The standard InChI is InChI=1S/C16H17BrClFN2/c1-2-21(13-5-3-4-12(19)9-13)16(10-20)14-8-11(18)6-7-15(14)17/h3-9,16H,2,10,20H2,1H3. The molecule has 0 aliphatic carbocycles. The molecule has 112 valence electrons. The average Bonchev–Trinajstić information content (AvgIpc) is 2.47. The Morgan fingerprint density at radius 1 is 1.29 bits per heavy atom. The summed E-state index contributed by atoms with van der Waals surface area (Å²) in [5.74, 6) is -0.258. The van der Waals surface area contributed by atoms with Crippen LogP contribution in [0.5, 0.6) is 0 Å². The summed E-state index contributed by atoms with van der Waals surface area (Å²) in [5, 5.41) is 0.655. The van der Waals surface area contributed by atoms with Crippen molar-refractivity contribution < 1.29 is 4.39 Å². The van der Waals surface area contributed by atoms with Gasteiger partial charge in [-0.3, -0.25) is 0 Å². The van der Waals surface area contributed by atoms with Crippen LogP contribution < -0.4 is 10.6 Å². The van der Waals surface area contributed by atoms with Gasteiger partial charge in [0.1, 0.15) is 5.82 Å². The Morgan fingerprint density at radius 2 is 2.05 bits per heavy atom. The molecule has 0 saturated carbocycles. The van der Waals surface area contributed by atoms with Crippen LogP contribution in [0.4, 0.5) is 10.1 Å². The normalized spacial score (nSPS) is 12.2. The van der Waals surface area contributed by atoms with Crippen LogP contribution in [0.3, 0.4) is 0 Å². The highest BCUT2D eigenvalue weighted by Gasteiger charge is 2.21. The largest absolute Gasteiger partial charge is 0.363 e. The van der Waals surface area contributed by atoms with Gasteiger partial charge in [-0.2, -0.15) is 0 Å². The predicted molar refractivity (Wildman–Crippen MR) is 90.4 cm³/mol. The third-order valence-electron chi connectivity index (χ3n) is 3.40. The summed E-state index contributed by atoms with van der Waals surface area (Å²) in [6, 6.07) is 12.1. The Balaban J connectivity index is 2.44. The van der Waals surface area contributed by atoms with Crippen molar-refractivity contribution in [3.8, 4) is 0 Å². The van der Waals surface area contributed by atoms with Crippen molar-refractivity contribution in [1.82, 2.24) is 0 Å². The zero-order valence-electron chi connectivity index (χ0n) is 11.7. The monoisotopic (exact) mass is 370 g/mol. The Hall–Kier alpha value is -1.10. The minimum absolute atomic E-state index is 0.0788. The molecule has 0 spiro atoms. The molecule has 0 radical (unpaired) electrons. The van der Waals surface area contributed by atoms with Crippen molar-refractivity contribution in [2.75, 3.05) is 18.0 Å². The highest BCUT2D eigenvalue weighted by molar-refractivity contribution is 9.10. The maximum atomic E-state index is 13.5. The van der Waals surface area contributed by atoms with Crippen molar-refractivity contribution in [3.63, 3.8) is 0 Å². The number of nitrogens with two attached hydrogens (primary N) is 1. The molecule has 21 heavy (non-hydrogen) atoms. The van der Waals surface area contributed by atoms with E-state index in [9.17, 15) is 4.39 Å². The Bertz CT molecular complexity index is 621. The van der Waals surface area contributed by atoms with Crippen molar-refractivity contribution in [2.24, 2.45) is 5.73 Å². The number of nitrogens with zero attached hydrogens (tertiary/aromatic N) is 1. The molecule has 2 nitrogen and oxygen atoms in total. The first-order valence-corrected chi connectivity index (χ1v) is 7.91. The Labute approximate surface area is 137 Å². The first-order chi connectivity index (χ1) is 10.1. The lowest BCUT2D eigenvalue weighted by Gasteiger charge is -2.33. The second kappa shape index (κ2) is 7.25. The minimum Gasteiger partial charge on any atom is -0.363 e. The van der Waals surface area contributed by atoms with E-state index in [1.165, 1.54) is 12.1 Å². The molecular formula is C16H17BrClFN2. The quantitative estimate of drug-likeness (QED) is 0.820. The smallest absolute Gasteiger partial charge is 0.125 e. The molecule has 1 atom stereocenters. The summed E-state index contributed by atoms with van der Waals surface area (Å²) in [4.78, 5) is 2.07. The molecule has 0 aliphatic heterocycles. The third kappa shape index (κ3) is 3.76. The first-order valence-electron chi connectivity index (χ1n) is 6.74. The fourth-order valence-corrected chi connectivity index (χ4v) is 3.12. The molecular weight excluding hydrogens is 355 g/mol. The van der Waals surface area contributed by atoms with E-state index in [4.69, 9.17) is 17.3 Å². The zero-order chi connectivity index (χ0) is 15.4. The molecule has 0 bridgehead atoms. The number of anilines is 1. The van der Waals surface area contributed by atoms with Gasteiger partial charge in [-0.1, -0.05) is 33.6 Å². The van der Waals surface area contributed by atoms with Crippen LogP contribution in [0.1, 0.15) is 18.5 Å². The van der Waals surface area contributed by atoms with Crippen molar-refractivity contribution in [1.29, 1.82) is 0 Å². The van der Waals surface area contributed by atoms with E-state index in [1.807, 2.05) is 31.2 Å². The van der Waals surface area contributed by atoms with E-state index in [2.05, 4.69) is 20.8 Å². The van der Waals surface area contributed by atoms with Gasteiger partial charge < -0.3 is 10.6 Å². The molecule has 0 heterocycles. The summed E-state index contributed by atoms with van der Waals surface area (Å²) in [6.45, 7) is 3.14. The second-order valence-corrected chi connectivity index (χ2v) is 5.97. The predicted octanol–water partition coefficient (Wildman–Crippen LogP) is 4.77. The van der Waals surface area contributed by atoms with E-state index in [0.29, 0.717) is 18.1 Å². The molecule has 2 aromatic rings. The first kappa shape index (κ1) is 16.3. The van der Waals surface area contributed by atoms with Gasteiger partial charge in [-0.15, -0.1) is 0 Å². The molecule has 0 fully saturated rings. The van der Waals surface area contributed by atoms with Crippen molar-refractivity contribution >= 4 is 33.2 Å². The average molecular weight is 372 g/mol. The summed E-state index contributed by atoms with van der Waals surface area (Å²) in [5.41, 5.74) is 7.78. The molecule has 1 unspecified atom stereocenters. The summed E-state index contributed by atoms with van der Waals surface area (Å²) >= 11 is 9.64. The molecule has 0 aromatic heterocycles. The van der Waals surface area contributed by atoms with Gasteiger partial charge >= 0.3 is 0 Å². The van der Waals surface area contributed by atoms with Crippen LogP contribution in [0.25, 0.3) is 0 Å². The maximum absolute atomic E-state index is 13.5. The molecule has 0 saturated heterocycles. The fourth-order valence-electron chi connectivity index (χ4n) is 2.43. The molecule has 0 amide bonds. The van der Waals surface area contributed by atoms with E-state index < -0.39 is 0 Å². The maximum Gasteiger partial charge on any atom is 0.125 e. The fraction of sp³-hybridized carbons (Fsp3) is 0.250. The van der Waals surface area contributed by atoms with Gasteiger partial charge in [0, 0.05) is 28.3 Å². The number of halogens is 3. The van der Waals surface area contributed by atoms with E-state index in [1.54, 1.807) is 6.07 Å². The van der Waals surface area contributed by atoms with Crippen LogP contribution >= 0.6 is 27.5 Å². The van der Waals surface area contributed by atoms with E-state index in [0.717, 1.165) is 15.7 Å². The topological polar surface area (TPSA) is 29.3 Å². The summed E-state index contributed by atoms with van der Waals surface area (Å²) < 4.78 is 14.4. The lowest BCUT2D eigenvalue weighted by molar-refractivity contribution is 0.615. The number of hydrogen-bond acceptors (Lipinski definition) is 2. The van der Waals surface area contributed by atoms with Gasteiger partial charge in [0.15, 0.2) is 0 Å². The SMILES string of the molecule is CCN(c1cccc(F)c1)C(CN)c1cc(Cl)ccc1Br. The molecule has 0 aliphatic rings. The van der Waals surface area contributed by atoms with Crippen LogP contribution in [-0.4, -0.2) is 13.1 Å². The number of rotatable bonds is 5. The molecule has 2 aromatic carbocycles. The molecule has 2 rings (SSSR count). The lowest BCUT2D eigenvalue weighted by atomic mass is 10.0. The lowest BCUT2D eigenvalue weighted by Crippen LogP contribution is -2.34. The second-order valence-electron chi connectivity index (χ2n) is 4.68. The van der Waals surface area contributed by atoms with Crippen LogP contribution in [0, 0.1) is 5.82 Å².